The molecule has 1 N–H and O–H groups in total. The van der Waals surface area contributed by atoms with Gasteiger partial charge in [-0.05, 0) is 30.4 Å². The van der Waals surface area contributed by atoms with Crippen LogP contribution in [0.15, 0.2) is 41.1 Å². The van der Waals surface area contributed by atoms with Gasteiger partial charge in [0.15, 0.2) is 10.6 Å². The molecule has 0 fully saturated rings. The summed E-state index contributed by atoms with van der Waals surface area (Å²) >= 11 is -0.998. The van der Waals surface area contributed by atoms with Gasteiger partial charge in [0.2, 0.25) is 5.95 Å². The number of rotatable bonds is 6. The van der Waals surface area contributed by atoms with Crippen LogP contribution >= 0.6 is 11.3 Å². The van der Waals surface area contributed by atoms with E-state index in [1.807, 2.05) is 0 Å². The van der Waals surface area contributed by atoms with Crippen molar-refractivity contribution >= 4 is 32.9 Å². The molecule has 0 aliphatic heterocycles. The van der Waals surface area contributed by atoms with E-state index in [-0.39, 0.29) is 21.6 Å². The summed E-state index contributed by atoms with van der Waals surface area (Å²) in [7, 11) is 0. The highest BCUT2D eigenvalue weighted by molar-refractivity contribution is 7.93. The Hall–Kier alpha value is -2.74. The molecule has 1 unspecified atom stereocenters. The zero-order valence-electron chi connectivity index (χ0n) is 15.8. The Morgan fingerprint density at radius 2 is 2.06 bits per heavy atom. The second-order valence-corrected chi connectivity index (χ2v) is 9.18. The lowest BCUT2D eigenvalue weighted by Crippen LogP contribution is -2.16. The molecular weight excluding hydrogens is 455 g/mol. The van der Waals surface area contributed by atoms with Crippen LogP contribution in [-0.4, -0.2) is 46.2 Å². The number of nitrogens with zero attached hydrogens (tertiary/aromatic N) is 5. The van der Waals surface area contributed by atoms with Crippen LogP contribution in [0.2, 0.25) is 0 Å². The van der Waals surface area contributed by atoms with Crippen molar-refractivity contribution in [3.63, 3.8) is 0 Å². The van der Waals surface area contributed by atoms with Gasteiger partial charge in [0.05, 0.1) is 12.1 Å². The minimum absolute atomic E-state index is 0.0309. The fourth-order valence-electron chi connectivity index (χ4n) is 2.73. The number of imidazole rings is 1. The van der Waals surface area contributed by atoms with E-state index >= 15 is 0 Å². The molecule has 0 saturated heterocycles. The largest absolute Gasteiger partial charge is 0.610 e. The van der Waals surface area contributed by atoms with Crippen LogP contribution < -0.4 is 4.89 Å². The van der Waals surface area contributed by atoms with Gasteiger partial charge in [-0.2, -0.15) is 23.1 Å². The maximum atomic E-state index is 12.5. The van der Waals surface area contributed by atoms with Crippen LogP contribution in [-0.2, 0) is 11.2 Å². The van der Waals surface area contributed by atoms with Gasteiger partial charge in [-0.15, -0.1) is 0 Å². The molecule has 1 atom stereocenters. The highest BCUT2D eigenvalue weighted by atomic mass is 32.2. The lowest BCUT2D eigenvalue weighted by atomic mass is 10.1. The Balaban J connectivity index is 1.83. The monoisotopic (exact) mass is 469 g/mol. The number of hydrogen-bond acceptors (Lipinski definition) is 8. The zero-order valence-corrected chi connectivity index (χ0v) is 17.5. The maximum Gasteiger partial charge on any atom is 0.393 e. The first-order valence-electron chi connectivity index (χ1n) is 8.80. The summed E-state index contributed by atoms with van der Waals surface area (Å²) in [4.78, 5) is 22.0. The predicted octanol–water partition coefficient (Wildman–Crippen LogP) is 4.16. The number of alkyl halides is 3. The topological polar surface area (TPSA) is 109 Å². The van der Waals surface area contributed by atoms with E-state index < -0.39 is 29.5 Å². The number of halogens is 3. The smallest absolute Gasteiger partial charge is 0.393 e. The number of thiazole rings is 1. The molecule has 0 spiro atoms. The van der Waals surface area contributed by atoms with Crippen LogP contribution in [0.1, 0.15) is 12.1 Å². The Labute approximate surface area is 180 Å². The first-order valence-corrected chi connectivity index (χ1v) is 10.9. The van der Waals surface area contributed by atoms with Crippen LogP contribution in [0.25, 0.3) is 27.6 Å². The van der Waals surface area contributed by atoms with Crippen molar-refractivity contribution in [1.82, 2.24) is 24.5 Å². The highest BCUT2D eigenvalue weighted by Gasteiger charge is 2.31. The van der Waals surface area contributed by atoms with Gasteiger partial charge in [0.25, 0.3) is 0 Å². The first-order chi connectivity index (χ1) is 14.7. The minimum atomic E-state index is -4.41. The van der Waals surface area contributed by atoms with Gasteiger partial charge in [0, 0.05) is 22.9 Å². The predicted molar refractivity (Wildman–Crippen MR) is 108 cm³/mol. The van der Waals surface area contributed by atoms with E-state index in [2.05, 4.69) is 24.8 Å². The average Bonchev–Trinajstić information content (AvgIpc) is 3.37. The second kappa shape index (κ2) is 8.42. The SMILES string of the molecule is Cc1cn(-c2nc(-c3cccc(OO)c3)c3nc([S+]([O-])CCC(F)(F)F)sc3n2)cn1. The standard InChI is InChI=1S/C18H14F3N5O3S2/c1-10-8-26(9-22-10)16-23-13(11-3-2-4-12(7-11)29-27)14-15(25-16)30-17(24-14)31(28)6-5-18(19,20)21/h2-4,7-9,27H,5-6H2,1H3. The van der Waals surface area contributed by atoms with Gasteiger partial charge in [-0.1, -0.05) is 12.1 Å². The fourth-order valence-corrected chi connectivity index (χ4v) is 5.04. The molecule has 13 heteroatoms. The van der Waals surface area contributed by atoms with Crippen molar-refractivity contribution < 1.29 is 27.9 Å². The van der Waals surface area contributed by atoms with E-state index in [0.717, 1.165) is 17.0 Å². The molecule has 0 amide bonds. The molecule has 0 radical (unpaired) electrons. The Bertz CT molecular complexity index is 1230. The van der Waals surface area contributed by atoms with Gasteiger partial charge in [0.1, 0.15) is 23.3 Å². The molecule has 162 valence electrons. The van der Waals surface area contributed by atoms with Gasteiger partial charge in [-0.25, -0.2) is 15.2 Å². The van der Waals surface area contributed by atoms with Crippen molar-refractivity contribution in [2.45, 2.75) is 23.9 Å². The maximum absolute atomic E-state index is 12.5. The molecule has 0 aliphatic carbocycles. The van der Waals surface area contributed by atoms with E-state index in [0.29, 0.717) is 16.1 Å². The summed E-state index contributed by atoms with van der Waals surface area (Å²) in [5.74, 6) is -0.170. The first kappa shape index (κ1) is 21.5. The second-order valence-electron chi connectivity index (χ2n) is 6.46. The summed E-state index contributed by atoms with van der Waals surface area (Å²) in [6.07, 6.45) is -2.35. The molecule has 1 aromatic carbocycles. The fraction of sp³-hybridized carbons (Fsp3) is 0.222. The Morgan fingerprint density at radius 1 is 1.26 bits per heavy atom. The quantitative estimate of drug-likeness (QED) is 0.257. The van der Waals surface area contributed by atoms with Crippen molar-refractivity contribution in [1.29, 1.82) is 0 Å². The van der Waals surface area contributed by atoms with Crippen LogP contribution in [0, 0.1) is 6.92 Å². The zero-order chi connectivity index (χ0) is 22.2. The number of benzene rings is 1. The molecule has 0 bridgehead atoms. The Morgan fingerprint density at radius 3 is 2.74 bits per heavy atom. The van der Waals surface area contributed by atoms with E-state index in [9.17, 15) is 17.7 Å². The third-order valence-electron chi connectivity index (χ3n) is 4.15. The normalized spacial score (nSPS) is 13.0. The molecule has 3 heterocycles. The lowest BCUT2D eigenvalue weighted by Gasteiger charge is -2.08. The molecular formula is C18H14F3N5O3S2. The molecule has 3 aromatic heterocycles. The Kier molecular flexibility index (Phi) is 5.83. The van der Waals surface area contributed by atoms with Crippen LogP contribution in [0.4, 0.5) is 13.2 Å². The van der Waals surface area contributed by atoms with Crippen molar-refractivity contribution in [3.8, 4) is 23.0 Å². The summed E-state index contributed by atoms with van der Waals surface area (Å²) < 4.78 is 51.6. The van der Waals surface area contributed by atoms with Gasteiger partial charge in [-0.3, -0.25) is 4.57 Å². The number of aryl methyl sites for hydroxylation is 1. The molecule has 31 heavy (non-hydrogen) atoms. The number of hydrogen-bond donors (Lipinski definition) is 1. The van der Waals surface area contributed by atoms with Crippen molar-refractivity contribution in [2.75, 3.05) is 5.75 Å². The summed E-state index contributed by atoms with van der Waals surface area (Å²) in [6, 6.07) is 6.38. The van der Waals surface area contributed by atoms with E-state index in [1.165, 1.54) is 18.5 Å². The summed E-state index contributed by atoms with van der Waals surface area (Å²) in [6.45, 7) is 1.80. The number of aromatic nitrogens is 5. The molecule has 0 aliphatic rings. The third-order valence-corrected chi connectivity index (χ3v) is 6.76. The van der Waals surface area contributed by atoms with Crippen LogP contribution in [0.5, 0.6) is 5.75 Å². The lowest BCUT2D eigenvalue weighted by molar-refractivity contribution is -0.137. The van der Waals surface area contributed by atoms with Gasteiger partial charge >= 0.3 is 10.5 Å². The molecule has 4 rings (SSSR count). The van der Waals surface area contributed by atoms with Crippen molar-refractivity contribution in [3.05, 3.63) is 42.5 Å². The minimum Gasteiger partial charge on any atom is -0.610 e. The number of fused-ring (bicyclic) bond motifs is 1. The summed E-state index contributed by atoms with van der Waals surface area (Å²) in [5, 5.41) is 8.97. The van der Waals surface area contributed by atoms with E-state index in [4.69, 9.17) is 5.26 Å². The highest BCUT2D eigenvalue weighted by Crippen LogP contribution is 2.34. The molecule has 8 nitrogen and oxygen atoms in total. The third kappa shape index (κ3) is 4.79. The van der Waals surface area contributed by atoms with Gasteiger partial charge < -0.3 is 9.44 Å². The summed E-state index contributed by atoms with van der Waals surface area (Å²) in [5.41, 5.74) is 1.89. The average molecular weight is 469 g/mol. The van der Waals surface area contributed by atoms with Crippen molar-refractivity contribution in [2.24, 2.45) is 0 Å². The van der Waals surface area contributed by atoms with Crippen LogP contribution in [0.3, 0.4) is 0 Å². The molecule has 0 saturated carbocycles. The van der Waals surface area contributed by atoms with E-state index in [1.54, 1.807) is 29.8 Å². The molecule has 4 aromatic rings.